The van der Waals surface area contributed by atoms with E-state index in [0.29, 0.717) is 18.1 Å². The molecule has 0 spiro atoms. The Morgan fingerprint density at radius 2 is 1.89 bits per heavy atom. The summed E-state index contributed by atoms with van der Waals surface area (Å²) in [7, 11) is 0. The average molecular weight is 260 g/mol. The second kappa shape index (κ2) is 5.81. The number of aromatic nitrogens is 2. The summed E-state index contributed by atoms with van der Waals surface area (Å²) in [6, 6.07) is 8.14. The number of carbonyl (C=O) groups is 1. The van der Waals surface area contributed by atoms with E-state index < -0.39 is 5.97 Å². The molecule has 6 nitrogen and oxygen atoms in total. The first kappa shape index (κ1) is 12.8. The second-order valence-electron chi connectivity index (χ2n) is 3.56. The lowest BCUT2D eigenvalue weighted by atomic mass is 10.3. The molecule has 0 fully saturated rings. The number of hydrogen-bond acceptors (Lipinski definition) is 5. The molecular formula is C13H12N2O4. The Bertz CT molecular complexity index is 569. The zero-order chi connectivity index (χ0) is 13.7. The summed E-state index contributed by atoms with van der Waals surface area (Å²) >= 11 is 0. The molecule has 0 aliphatic carbocycles. The predicted octanol–water partition coefficient (Wildman–Crippen LogP) is 2.37. The molecule has 19 heavy (non-hydrogen) atoms. The van der Waals surface area contributed by atoms with Crippen LogP contribution in [0.1, 0.15) is 17.3 Å². The average Bonchev–Trinajstić information content (AvgIpc) is 2.42. The van der Waals surface area contributed by atoms with E-state index in [9.17, 15) is 4.79 Å². The van der Waals surface area contributed by atoms with Gasteiger partial charge in [-0.15, -0.1) is 5.10 Å². The highest BCUT2D eigenvalue weighted by molar-refractivity contribution is 5.90. The van der Waals surface area contributed by atoms with Crippen molar-refractivity contribution in [1.29, 1.82) is 0 Å². The molecule has 1 N–H and O–H groups in total. The van der Waals surface area contributed by atoms with Gasteiger partial charge >= 0.3 is 5.97 Å². The van der Waals surface area contributed by atoms with Crippen molar-refractivity contribution in [2.75, 3.05) is 6.61 Å². The number of aromatic carboxylic acids is 1. The molecule has 0 unspecified atom stereocenters. The third kappa shape index (κ3) is 3.19. The first-order chi connectivity index (χ1) is 9.20. The molecule has 0 aliphatic rings. The minimum absolute atomic E-state index is 0.0381. The molecular weight excluding hydrogens is 248 g/mol. The lowest BCUT2D eigenvalue weighted by Gasteiger charge is -2.07. The van der Waals surface area contributed by atoms with Gasteiger partial charge in [0, 0.05) is 0 Å². The molecule has 1 heterocycles. The number of rotatable bonds is 5. The molecule has 0 saturated carbocycles. The van der Waals surface area contributed by atoms with Crippen LogP contribution in [0.3, 0.4) is 0 Å². The van der Waals surface area contributed by atoms with Crippen LogP contribution in [-0.2, 0) is 0 Å². The van der Waals surface area contributed by atoms with Crippen molar-refractivity contribution in [3.05, 3.63) is 42.1 Å². The molecule has 6 heteroatoms. The fourth-order valence-corrected chi connectivity index (χ4v) is 1.44. The number of ether oxygens (including phenoxy) is 2. The van der Waals surface area contributed by atoms with Crippen LogP contribution in [0, 0.1) is 0 Å². The van der Waals surface area contributed by atoms with Crippen LogP contribution in [0.2, 0.25) is 0 Å². The number of nitrogens with zero attached hydrogens (tertiary/aromatic N) is 2. The fraction of sp³-hybridized carbons (Fsp3) is 0.154. The highest BCUT2D eigenvalue weighted by Crippen LogP contribution is 2.24. The van der Waals surface area contributed by atoms with E-state index in [1.807, 2.05) is 6.92 Å². The zero-order valence-electron chi connectivity index (χ0n) is 10.2. The molecule has 2 aromatic rings. The summed E-state index contributed by atoms with van der Waals surface area (Å²) in [6.07, 6.45) is 1.30. The van der Waals surface area contributed by atoms with Gasteiger partial charge in [-0.1, -0.05) is 0 Å². The Balaban J connectivity index is 2.19. The van der Waals surface area contributed by atoms with Gasteiger partial charge in [-0.25, -0.2) is 4.79 Å². The van der Waals surface area contributed by atoms with Crippen molar-refractivity contribution in [3.8, 4) is 17.4 Å². The normalized spacial score (nSPS) is 9.95. The molecule has 0 saturated heterocycles. The van der Waals surface area contributed by atoms with Crippen molar-refractivity contribution in [2.24, 2.45) is 0 Å². The van der Waals surface area contributed by atoms with E-state index in [-0.39, 0.29) is 11.4 Å². The lowest BCUT2D eigenvalue weighted by Crippen LogP contribution is -2.02. The SMILES string of the molecule is CCOc1ccc(Oc2nnccc2C(=O)O)cc1. The molecule has 1 aromatic carbocycles. The molecule has 1 aromatic heterocycles. The largest absolute Gasteiger partial charge is 0.494 e. The third-order valence-electron chi connectivity index (χ3n) is 2.27. The van der Waals surface area contributed by atoms with Crippen LogP contribution < -0.4 is 9.47 Å². The Hall–Kier alpha value is -2.63. The van der Waals surface area contributed by atoms with E-state index in [1.165, 1.54) is 12.3 Å². The van der Waals surface area contributed by atoms with E-state index in [4.69, 9.17) is 14.6 Å². The van der Waals surface area contributed by atoms with Crippen LogP contribution >= 0.6 is 0 Å². The summed E-state index contributed by atoms with van der Waals surface area (Å²) in [5.41, 5.74) is -0.0381. The Morgan fingerprint density at radius 3 is 2.53 bits per heavy atom. The van der Waals surface area contributed by atoms with Gasteiger partial charge in [0.05, 0.1) is 12.8 Å². The first-order valence-corrected chi connectivity index (χ1v) is 5.66. The first-order valence-electron chi connectivity index (χ1n) is 5.66. The number of benzene rings is 1. The number of carboxylic acid groups (broad SMARTS) is 1. The minimum atomic E-state index is -1.11. The number of hydrogen-bond donors (Lipinski definition) is 1. The molecule has 2 rings (SSSR count). The van der Waals surface area contributed by atoms with Crippen LogP contribution in [0.4, 0.5) is 0 Å². The maximum absolute atomic E-state index is 11.0. The zero-order valence-corrected chi connectivity index (χ0v) is 10.2. The van der Waals surface area contributed by atoms with Gasteiger partial charge in [0.1, 0.15) is 17.1 Å². The van der Waals surface area contributed by atoms with Crippen LogP contribution in [0.15, 0.2) is 36.5 Å². The Morgan fingerprint density at radius 1 is 1.21 bits per heavy atom. The van der Waals surface area contributed by atoms with E-state index in [1.54, 1.807) is 24.3 Å². The van der Waals surface area contributed by atoms with Crippen molar-refractivity contribution in [3.63, 3.8) is 0 Å². The molecule has 0 atom stereocenters. The van der Waals surface area contributed by atoms with Crippen LogP contribution in [0.5, 0.6) is 17.4 Å². The molecule has 0 bridgehead atoms. The summed E-state index contributed by atoms with van der Waals surface area (Å²) in [5.74, 6) is 0.0221. The third-order valence-corrected chi connectivity index (χ3v) is 2.27. The monoisotopic (exact) mass is 260 g/mol. The molecule has 0 radical (unpaired) electrons. The smallest absolute Gasteiger partial charge is 0.341 e. The van der Waals surface area contributed by atoms with E-state index in [0.717, 1.165) is 0 Å². The highest BCUT2D eigenvalue weighted by Gasteiger charge is 2.13. The van der Waals surface area contributed by atoms with Gasteiger partial charge < -0.3 is 14.6 Å². The summed E-state index contributed by atoms with van der Waals surface area (Å²) in [5, 5.41) is 16.3. The summed E-state index contributed by atoms with van der Waals surface area (Å²) < 4.78 is 10.7. The van der Waals surface area contributed by atoms with Gasteiger partial charge in [-0.05, 0) is 37.3 Å². The van der Waals surface area contributed by atoms with E-state index >= 15 is 0 Å². The van der Waals surface area contributed by atoms with Gasteiger partial charge in [0.25, 0.3) is 5.88 Å². The van der Waals surface area contributed by atoms with Gasteiger partial charge in [0.2, 0.25) is 0 Å². The lowest BCUT2D eigenvalue weighted by molar-refractivity contribution is 0.0693. The maximum Gasteiger partial charge on any atom is 0.341 e. The topological polar surface area (TPSA) is 81.5 Å². The van der Waals surface area contributed by atoms with Crippen LogP contribution in [0.25, 0.3) is 0 Å². The van der Waals surface area contributed by atoms with Crippen molar-refractivity contribution in [1.82, 2.24) is 10.2 Å². The quantitative estimate of drug-likeness (QED) is 0.888. The van der Waals surface area contributed by atoms with Crippen molar-refractivity contribution in [2.45, 2.75) is 6.92 Å². The van der Waals surface area contributed by atoms with Crippen molar-refractivity contribution < 1.29 is 19.4 Å². The van der Waals surface area contributed by atoms with Gasteiger partial charge in [0.15, 0.2) is 0 Å². The Kier molecular flexibility index (Phi) is 3.92. The van der Waals surface area contributed by atoms with Gasteiger partial charge in [-0.3, -0.25) is 0 Å². The second-order valence-corrected chi connectivity index (χ2v) is 3.56. The standard InChI is InChI=1S/C13H12N2O4/c1-2-18-9-3-5-10(6-4-9)19-12-11(13(16)17)7-8-14-15-12/h3-8H,2H2,1H3,(H,16,17). The molecule has 0 amide bonds. The maximum atomic E-state index is 11.0. The molecule has 98 valence electrons. The van der Waals surface area contributed by atoms with Gasteiger partial charge in [-0.2, -0.15) is 5.10 Å². The predicted molar refractivity (Wildman–Crippen MR) is 66.7 cm³/mol. The minimum Gasteiger partial charge on any atom is -0.494 e. The van der Waals surface area contributed by atoms with Crippen molar-refractivity contribution >= 4 is 5.97 Å². The highest BCUT2D eigenvalue weighted by atomic mass is 16.5. The number of carboxylic acids is 1. The summed E-state index contributed by atoms with van der Waals surface area (Å²) in [6.45, 7) is 2.47. The fourth-order valence-electron chi connectivity index (χ4n) is 1.44. The summed E-state index contributed by atoms with van der Waals surface area (Å²) in [4.78, 5) is 11.0. The van der Waals surface area contributed by atoms with Crippen LogP contribution in [-0.4, -0.2) is 27.9 Å². The van der Waals surface area contributed by atoms with E-state index in [2.05, 4.69) is 10.2 Å². The molecule has 0 aliphatic heterocycles. The Labute approximate surface area is 109 Å².